The molecule has 3 N–H and O–H groups in total. The predicted octanol–water partition coefficient (Wildman–Crippen LogP) is 3.95. The number of hydrogen-bond acceptors (Lipinski definition) is 5. The van der Waals surface area contributed by atoms with Crippen LogP contribution in [0.3, 0.4) is 0 Å². The van der Waals surface area contributed by atoms with Crippen molar-refractivity contribution in [3.8, 4) is 0 Å². The lowest BCUT2D eigenvalue weighted by Crippen LogP contribution is -2.54. The molecule has 3 aromatic carbocycles. The van der Waals surface area contributed by atoms with Gasteiger partial charge in [-0.05, 0) is 66.8 Å². The fourth-order valence-corrected chi connectivity index (χ4v) is 4.52. The Morgan fingerprint density at radius 2 is 1.77 bits per heavy atom. The van der Waals surface area contributed by atoms with Gasteiger partial charge in [0.2, 0.25) is 5.91 Å². The summed E-state index contributed by atoms with van der Waals surface area (Å²) in [5.74, 6) is -3.39. The van der Waals surface area contributed by atoms with Crippen LogP contribution in [0.25, 0.3) is 17.0 Å². The lowest BCUT2D eigenvalue weighted by Gasteiger charge is -2.29. The summed E-state index contributed by atoms with van der Waals surface area (Å²) in [5.41, 5.74) is 1.55. The molecule has 1 aliphatic heterocycles. The third kappa shape index (κ3) is 5.15. The second kappa shape index (κ2) is 10.3. The van der Waals surface area contributed by atoms with E-state index in [4.69, 9.17) is 12.2 Å². The lowest BCUT2D eigenvalue weighted by molar-refractivity contribution is -0.122. The van der Waals surface area contributed by atoms with Crippen LogP contribution < -0.4 is 15.5 Å². The van der Waals surface area contributed by atoms with Crippen LogP contribution in [0.5, 0.6) is 0 Å². The van der Waals surface area contributed by atoms with E-state index in [9.17, 15) is 28.7 Å². The monoisotopic (exact) mass is 542 g/mol. The van der Waals surface area contributed by atoms with Crippen molar-refractivity contribution in [1.82, 2.24) is 9.88 Å². The van der Waals surface area contributed by atoms with Crippen LogP contribution in [-0.4, -0.2) is 38.5 Å². The molecule has 0 atom stereocenters. The van der Waals surface area contributed by atoms with Gasteiger partial charge >= 0.3 is 5.97 Å². The Bertz CT molecular complexity index is 1710. The summed E-state index contributed by atoms with van der Waals surface area (Å²) >= 11 is 5.21. The number of nitrogens with zero attached hydrogens (tertiary/aromatic N) is 2. The number of anilines is 2. The first-order valence-electron chi connectivity index (χ1n) is 11.6. The molecule has 1 aliphatic rings. The van der Waals surface area contributed by atoms with Gasteiger partial charge in [0, 0.05) is 28.4 Å². The van der Waals surface area contributed by atoms with Crippen molar-refractivity contribution < 1.29 is 28.7 Å². The van der Waals surface area contributed by atoms with Crippen LogP contribution in [0.2, 0.25) is 0 Å². The molecule has 0 aliphatic carbocycles. The van der Waals surface area contributed by atoms with Crippen LogP contribution in [0.15, 0.2) is 84.6 Å². The van der Waals surface area contributed by atoms with Crippen molar-refractivity contribution in [2.24, 2.45) is 0 Å². The van der Waals surface area contributed by atoms with Gasteiger partial charge in [-0.1, -0.05) is 24.3 Å². The number of fused-ring (bicyclic) bond motifs is 1. The molecule has 1 fully saturated rings. The van der Waals surface area contributed by atoms with Gasteiger partial charge in [-0.25, -0.2) is 9.18 Å². The first-order valence-corrected chi connectivity index (χ1v) is 12.0. The molecule has 0 unspecified atom stereocenters. The molecule has 11 heteroatoms. The van der Waals surface area contributed by atoms with Gasteiger partial charge in [0.05, 0.1) is 11.3 Å². The number of benzene rings is 3. The van der Waals surface area contributed by atoms with E-state index in [0.717, 1.165) is 4.90 Å². The maximum absolute atomic E-state index is 13.4. The van der Waals surface area contributed by atoms with E-state index in [-0.39, 0.29) is 34.4 Å². The second-order valence-electron chi connectivity index (χ2n) is 8.60. The molecular weight excluding hydrogens is 523 g/mol. The highest BCUT2D eigenvalue weighted by Crippen LogP contribution is 2.27. The zero-order chi connectivity index (χ0) is 27.7. The summed E-state index contributed by atoms with van der Waals surface area (Å²) in [6.07, 6.45) is 3.05. The topological polar surface area (TPSA) is 121 Å². The molecule has 39 heavy (non-hydrogen) atoms. The minimum absolute atomic E-state index is 0.0486. The predicted molar refractivity (Wildman–Crippen MR) is 147 cm³/mol. The van der Waals surface area contributed by atoms with Crippen LogP contribution >= 0.6 is 12.2 Å². The summed E-state index contributed by atoms with van der Waals surface area (Å²) < 4.78 is 14.9. The number of thiocarbonyl (C=S) groups is 1. The number of carboxylic acids is 1. The van der Waals surface area contributed by atoms with E-state index in [1.165, 1.54) is 54.6 Å². The highest BCUT2D eigenvalue weighted by atomic mass is 32.1. The molecule has 4 aromatic rings. The van der Waals surface area contributed by atoms with Crippen molar-refractivity contribution in [1.29, 1.82) is 0 Å². The van der Waals surface area contributed by atoms with Gasteiger partial charge in [0.25, 0.3) is 11.8 Å². The van der Waals surface area contributed by atoms with E-state index >= 15 is 0 Å². The third-order valence-electron chi connectivity index (χ3n) is 6.01. The number of rotatable bonds is 6. The van der Waals surface area contributed by atoms with Crippen molar-refractivity contribution in [3.63, 3.8) is 0 Å². The Morgan fingerprint density at radius 3 is 2.51 bits per heavy atom. The molecule has 5 rings (SSSR count). The minimum Gasteiger partial charge on any atom is -0.478 e. The second-order valence-corrected chi connectivity index (χ2v) is 8.98. The Morgan fingerprint density at radius 1 is 1.03 bits per heavy atom. The quantitative estimate of drug-likeness (QED) is 0.193. The molecule has 0 spiro atoms. The van der Waals surface area contributed by atoms with Gasteiger partial charge in [0.1, 0.15) is 17.9 Å². The number of aromatic carboxylic acids is 1. The number of aromatic nitrogens is 1. The van der Waals surface area contributed by atoms with Gasteiger partial charge in [0.15, 0.2) is 5.11 Å². The maximum Gasteiger partial charge on any atom is 0.335 e. The van der Waals surface area contributed by atoms with Crippen LogP contribution in [0, 0.1) is 5.82 Å². The lowest BCUT2D eigenvalue weighted by atomic mass is 10.1. The van der Waals surface area contributed by atoms with Crippen molar-refractivity contribution in [2.45, 2.75) is 6.54 Å². The zero-order valence-electron chi connectivity index (χ0n) is 20.1. The molecule has 0 bridgehead atoms. The fraction of sp³-hybridized carbons (Fsp3) is 0.0357. The molecule has 0 radical (unpaired) electrons. The largest absolute Gasteiger partial charge is 0.478 e. The zero-order valence-corrected chi connectivity index (χ0v) is 20.9. The molecule has 1 saturated heterocycles. The van der Waals surface area contributed by atoms with Gasteiger partial charge in [-0.2, -0.15) is 0 Å². The van der Waals surface area contributed by atoms with Gasteiger partial charge in [-0.3, -0.25) is 24.6 Å². The number of amides is 3. The van der Waals surface area contributed by atoms with Crippen LogP contribution in [-0.2, 0) is 20.9 Å². The molecular formula is C28H19FN4O5S. The number of hydrogen-bond donors (Lipinski definition) is 3. The molecule has 3 amide bonds. The maximum atomic E-state index is 13.4. The van der Waals surface area contributed by atoms with Crippen molar-refractivity contribution in [3.05, 3.63) is 102 Å². The van der Waals surface area contributed by atoms with E-state index in [2.05, 4.69) is 10.6 Å². The average molecular weight is 543 g/mol. The van der Waals surface area contributed by atoms with E-state index in [1.54, 1.807) is 35.0 Å². The van der Waals surface area contributed by atoms with Crippen molar-refractivity contribution in [2.75, 3.05) is 10.2 Å². The average Bonchev–Trinajstić information content (AvgIpc) is 3.25. The summed E-state index contributed by atoms with van der Waals surface area (Å²) in [6, 6.07) is 18.2. The van der Waals surface area contributed by atoms with Gasteiger partial charge < -0.3 is 15.0 Å². The number of carbonyl (C=O) groups excluding carboxylic acids is 3. The molecule has 9 nitrogen and oxygen atoms in total. The molecule has 194 valence electrons. The summed E-state index contributed by atoms with van der Waals surface area (Å²) in [6.45, 7) is -0.0839. The van der Waals surface area contributed by atoms with Gasteiger partial charge in [-0.15, -0.1) is 0 Å². The highest BCUT2D eigenvalue weighted by Gasteiger charge is 2.35. The van der Waals surface area contributed by atoms with Crippen LogP contribution in [0.4, 0.5) is 15.8 Å². The van der Waals surface area contributed by atoms with Crippen LogP contribution in [0.1, 0.15) is 15.9 Å². The number of carbonyl (C=O) groups is 4. The van der Waals surface area contributed by atoms with E-state index < -0.39 is 23.6 Å². The summed E-state index contributed by atoms with van der Waals surface area (Å²) in [7, 11) is 0. The first kappa shape index (κ1) is 25.5. The minimum atomic E-state index is -1.18. The first-order chi connectivity index (χ1) is 18.7. The molecule has 2 heterocycles. The Hall–Kier alpha value is -5.16. The standard InChI is InChI=1S/C28H19FN4O5S/c29-18-8-10-19(11-9-18)30-24(34)15-32-14-17(21-6-1-2-7-23(21)32)13-22-25(35)31-28(39)33(26(22)36)20-5-3-4-16(12-20)27(37)38/h1-14H,15H2,(H,30,34)(H,37,38)(H,31,35,39). The summed E-state index contributed by atoms with van der Waals surface area (Å²) in [5, 5.41) is 15.0. The van der Waals surface area contributed by atoms with E-state index in [1.807, 2.05) is 0 Å². The Balaban J connectivity index is 1.48. The number of halogens is 1. The molecule has 0 saturated carbocycles. The van der Waals surface area contributed by atoms with Crippen molar-refractivity contribution >= 4 is 69.4 Å². The number of para-hydroxylation sites is 1. The van der Waals surface area contributed by atoms with E-state index in [0.29, 0.717) is 22.2 Å². The Labute approximate surface area is 226 Å². The number of carboxylic acid groups (broad SMARTS) is 1. The normalized spacial score (nSPS) is 14.5. The summed E-state index contributed by atoms with van der Waals surface area (Å²) in [4.78, 5) is 51.4. The highest BCUT2D eigenvalue weighted by molar-refractivity contribution is 7.80. The SMILES string of the molecule is O=C(Cn1cc(C=C2C(=O)NC(=S)N(c3cccc(C(=O)O)c3)C2=O)c2ccccc21)Nc1ccc(F)cc1. The fourth-order valence-electron chi connectivity index (χ4n) is 4.23. The number of nitrogens with one attached hydrogen (secondary N) is 2. The Kier molecular flexibility index (Phi) is 6.73. The smallest absolute Gasteiger partial charge is 0.335 e. The third-order valence-corrected chi connectivity index (χ3v) is 6.30. The molecule has 1 aromatic heterocycles.